The molecule has 1 aromatic heterocycles. The van der Waals surface area contributed by atoms with Crippen molar-refractivity contribution >= 4 is 5.82 Å². The zero-order valence-electron chi connectivity index (χ0n) is 10.6. The molecule has 2 rings (SSSR count). The van der Waals surface area contributed by atoms with Gasteiger partial charge in [0, 0.05) is 6.54 Å². The van der Waals surface area contributed by atoms with Crippen LogP contribution in [0.15, 0.2) is 12.1 Å². The molecule has 4 heteroatoms. The van der Waals surface area contributed by atoms with Crippen LogP contribution < -0.4 is 10.6 Å². The molecule has 0 atom stereocenters. The molecule has 4 nitrogen and oxygen atoms in total. The largest absolute Gasteiger partial charge is 0.368 e. The first-order chi connectivity index (χ1) is 8.38. The predicted octanol–water partition coefficient (Wildman–Crippen LogP) is 1.84. The van der Waals surface area contributed by atoms with Crippen LogP contribution in [0.1, 0.15) is 31.9 Å². The number of aromatic nitrogens is 2. The highest BCUT2D eigenvalue weighted by Gasteiger charge is 2.12. The summed E-state index contributed by atoms with van der Waals surface area (Å²) in [6.45, 7) is 5.47. The minimum Gasteiger partial charge on any atom is -0.368 e. The Labute approximate surface area is 103 Å². The van der Waals surface area contributed by atoms with Crippen LogP contribution in [0.3, 0.4) is 0 Å². The Morgan fingerprint density at radius 1 is 1.29 bits per heavy atom. The van der Waals surface area contributed by atoms with E-state index < -0.39 is 0 Å². The van der Waals surface area contributed by atoms with Crippen molar-refractivity contribution in [3.8, 4) is 0 Å². The average molecular weight is 234 g/mol. The normalized spacial score (nSPS) is 17.0. The summed E-state index contributed by atoms with van der Waals surface area (Å²) >= 11 is 0. The Bertz CT molecular complexity index is 317. The molecule has 0 bridgehead atoms. The van der Waals surface area contributed by atoms with E-state index in [0.717, 1.165) is 49.9 Å². The van der Waals surface area contributed by atoms with Crippen molar-refractivity contribution in [2.75, 3.05) is 25.0 Å². The maximum absolute atomic E-state index is 4.21. The molecule has 1 fully saturated rings. The van der Waals surface area contributed by atoms with Gasteiger partial charge in [-0.15, -0.1) is 5.10 Å². The highest BCUT2D eigenvalue weighted by molar-refractivity contribution is 5.32. The zero-order valence-corrected chi connectivity index (χ0v) is 10.6. The second kappa shape index (κ2) is 6.55. The lowest BCUT2D eigenvalue weighted by Gasteiger charge is -2.22. The van der Waals surface area contributed by atoms with Gasteiger partial charge in [0.1, 0.15) is 5.82 Å². The number of nitrogens with one attached hydrogen (secondary N) is 2. The number of nitrogens with zero attached hydrogens (tertiary/aromatic N) is 2. The number of anilines is 1. The number of hydrogen-bond donors (Lipinski definition) is 2. The Hall–Kier alpha value is -1.16. The average Bonchev–Trinajstić information content (AvgIpc) is 2.40. The van der Waals surface area contributed by atoms with Crippen molar-refractivity contribution in [3.63, 3.8) is 0 Å². The van der Waals surface area contributed by atoms with Gasteiger partial charge < -0.3 is 10.6 Å². The molecule has 0 aromatic carbocycles. The third-order valence-electron chi connectivity index (χ3n) is 3.26. The molecule has 0 unspecified atom stereocenters. The van der Waals surface area contributed by atoms with E-state index in [4.69, 9.17) is 0 Å². The standard InChI is InChI=1S/C13H22N4/c1-2-3-12-4-5-13(17-16-12)15-10-11-6-8-14-9-7-11/h4-5,11,14H,2-3,6-10H2,1H3,(H,15,17). The number of rotatable bonds is 5. The summed E-state index contributed by atoms with van der Waals surface area (Å²) < 4.78 is 0. The molecule has 1 aliphatic rings. The molecule has 2 heterocycles. The molecule has 0 aliphatic carbocycles. The molecule has 0 amide bonds. The Balaban J connectivity index is 1.77. The summed E-state index contributed by atoms with van der Waals surface area (Å²) in [6.07, 6.45) is 4.65. The third-order valence-corrected chi connectivity index (χ3v) is 3.26. The van der Waals surface area contributed by atoms with Gasteiger partial charge in [0.2, 0.25) is 0 Å². The fourth-order valence-corrected chi connectivity index (χ4v) is 2.18. The fourth-order valence-electron chi connectivity index (χ4n) is 2.18. The van der Waals surface area contributed by atoms with Crippen LogP contribution >= 0.6 is 0 Å². The Kier molecular flexibility index (Phi) is 4.74. The molecule has 2 N–H and O–H groups in total. The number of hydrogen-bond acceptors (Lipinski definition) is 4. The van der Waals surface area contributed by atoms with Gasteiger partial charge in [-0.05, 0) is 50.4 Å². The van der Waals surface area contributed by atoms with Gasteiger partial charge in [-0.3, -0.25) is 0 Å². The van der Waals surface area contributed by atoms with E-state index in [2.05, 4.69) is 33.8 Å². The number of piperidine rings is 1. The van der Waals surface area contributed by atoms with Gasteiger partial charge in [-0.2, -0.15) is 5.10 Å². The molecule has 94 valence electrons. The van der Waals surface area contributed by atoms with E-state index in [1.165, 1.54) is 12.8 Å². The van der Waals surface area contributed by atoms with Crippen LogP contribution in [0.5, 0.6) is 0 Å². The van der Waals surface area contributed by atoms with Crippen LogP contribution in [0.25, 0.3) is 0 Å². The topological polar surface area (TPSA) is 49.8 Å². The predicted molar refractivity (Wildman–Crippen MR) is 70.1 cm³/mol. The quantitative estimate of drug-likeness (QED) is 0.816. The second-order valence-electron chi connectivity index (χ2n) is 4.73. The van der Waals surface area contributed by atoms with E-state index >= 15 is 0 Å². The Morgan fingerprint density at radius 3 is 2.76 bits per heavy atom. The summed E-state index contributed by atoms with van der Waals surface area (Å²) in [5.74, 6) is 1.68. The molecule has 0 saturated carbocycles. The van der Waals surface area contributed by atoms with Gasteiger partial charge in [-0.1, -0.05) is 13.3 Å². The lowest BCUT2D eigenvalue weighted by atomic mass is 9.98. The maximum Gasteiger partial charge on any atom is 0.148 e. The van der Waals surface area contributed by atoms with Crippen LogP contribution in [0.4, 0.5) is 5.82 Å². The van der Waals surface area contributed by atoms with E-state index in [1.807, 2.05) is 6.07 Å². The van der Waals surface area contributed by atoms with E-state index in [1.54, 1.807) is 0 Å². The molecule has 0 spiro atoms. The first-order valence-corrected chi connectivity index (χ1v) is 6.65. The lowest BCUT2D eigenvalue weighted by Crippen LogP contribution is -2.31. The summed E-state index contributed by atoms with van der Waals surface area (Å²) in [7, 11) is 0. The van der Waals surface area contributed by atoms with Crippen LogP contribution in [0.2, 0.25) is 0 Å². The molecular weight excluding hydrogens is 212 g/mol. The maximum atomic E-state index is 4.21. The fraction of sp³-hybridized carbons (Fsp3) is 0.692. The van der Waals surface area contributed by atoms with Crippen LogP contribution in [0, 0.1) is 5.92 Å². The zero-order chi connectivity index (χ0) is 11.9. The third kappa shape index (κ3) is 3.97. The number of aryl methyl sites for hydroxylation is 1. The molecule has 1 aromatic rings. The first kappa shape index (κ1) is 12.3. The van der Waals surface area contributed by atoms with Gasteiger partial charge >= 0.3 is 0 Å². The Morgan fingerprint density at radius 2 is 2.12 bits per heavy atom. The summed E-state index contributed by atoms with van der Waals surface area (Å²) in [4.78, 5) is 0. The summed E-state index contributed by atoms with van der Waals surface area (Å²) in [6, 6.07) is 4.11. The van der Waals surface area contributed by atoms with E-state index in [-0.39, 0.29) is 0 Å². The summed E-state index contributed by atoms with van der Waals surface area (Å²) in [5.41, 5.74) is 1.08. The molecular formula is C13H22N4. The van der Waals surface area contributed by atoms with E-state index in [0.29, 0.717) is 0 Å². The van der Waals surface area contributed by atoms with Crippen molar-refractivity contribution in [2.24, 2.45) is 5.92 Å². The van der Waals surface area contributed by atoms with Crippen molar-refractivity contribution in [1.29, 1.82) is 0 Å². The van der Waals surface area contributed by atoms with Gasteiger partial charge in [0.05, 0.1) is 5.69 Å². The summed E-state index contributed by atoms with van der Waals surface area (Å²) in [5, 5.41) is 15.2. The van der Waals surface area contributed by atoms with E-state index in [9.17, 15) is 0 Å². The second-order valence-corrected chi connectivity index (χ2v) is 4.73. The van der Waals surface area contributed by atoms with Gasteiger partial charge in [0.25, 0.3) is 0 Å². The van der Waals surface area contributed by atoms with Gasteiger partial charge in [0.15, 0.2) is 0 Å². The minimum absolute atomic E-state index is 0.772. The molecule has 1 aliphatic heterocycles. The van der Waals surface area contributed by atoms with Crippen molar-refractivity contribution in [2.45, 2.75) is 32.6 Å². The van der Waals surface area contributed by atoms with Crippen molar-refractivity contribution < 1.29 is 0 Å². The van der Waals surface area contributed by atoms with Gasteiger partial charge in [-0.25, -0.2) is 0 Å². The molecule has 0 radical (unpaired) electrons. The molecule has 1 saturated heterocycles. The van der Waals surface area contributed by atoms with Crippen LogP contribution in [-0.2, 0) is 6.42 Å². The highest BCUT2D eigenvalue weighted by Crippen LogP contribution is 2.12. The van der Waals surface area contributed by atoms with Crippen LogP contribution in [-0.4, -0.2) is 29.8 Å². The highest BCUT2D eigenvalue weighted by atomic mass is 15.2. The molecule has 17 heavy (non-hydrogen) atoms. The monoisotopic (exact) mass is 234 g/mol. The lowest BCUT2D eigenvalue weighted by molar-refractivity contribution is 0.389. The smallest absolute Gasteiger partial charge is 0.148 e. The minimum atomic E-state index is 0.772. The first-order valence-electron chi connectivity index (χ1n) is 6.65. The SMILES string of the molecule is CCCc1ccc(NCC2CCNCC2)nn1. The van der Waals surface area contributed by atoms with Crippen molar-refractivity contribution in [3.05, 3.63) is 17.8 Å². The van der Waals surface area contributed by atoms with Crippen molar-refractivity contribution in [1.82, 2.24) is 15.5 Å².